The number of rotatable bonds is 11. The zero-order chi connectivity index (χ0) is 26.5. The highest BCUT2D eigenvalue weighted by atomic mass is 16.5. The zero-order valence-corrected chi connectivity index (χ0v) is 23.0. The molecule has 2 saturated carbocycles. The molecule has 0 N–H and O–H groups in total. The first-order valence-corrected chi connectivity index (χ1v) is 14.4. The largest absolute Gasteiger partial charge is 0.427 e. The number of ether oxygens (including phenoxy) is 2. The molecule has 37 heavy (non-hydrogen) atoms. The molecule has 1 aromatic rings. The van der Waals surface area contributed by atoms with Crippen LogP contribution in [0.4, 0.5) is 0 Å². The van der Waals surface area contributed by atoms with Gasteiger partial charge in [0.1, 0.15) is 11.5 Å². The van der Waals surface area contributed by atoms with E-state index in [1.54, 1.807) is 6.08 Å². The maximum absolute atomic E-state index is 12.7. The molecule has 4 nitrogen and oxygen atoms in total. The molecular formula is C33H46O4. The number of allylic oxidation sites excluding steroid dienone is 4. The Balaban J connectivity index is 1.41. The summed E-state index contributed by atoms with van der Waals surface area (Å²) in [6, 6.07) is 7.97. The number of esters is 2. The van der Waals surface area contributed by atoms with Crippen molar-refractivity contribution in [1.29, 1.82) is 0 Å². The van der Waals surface area contributed by atoms with E-state index in [4.69, 9.17) is 9.47 Å². The van der Waals surface area contributed by atoms with Gasteiger partial charge in [0.05, 0.1) is 11.8 Å². The summed E-state index contributed by atoms with van der Waals surface area (Å²) in [6.45, 7) is 8.22. The van der Waals surface area contributed by atoms with Crippen LogP contribution in [0.25, 0.3) is 0 Å². The van der Waals surface area contributed by atoms with Crippen LogP contribution < -0.4 is 4.74 Å². The lowest BCUT2D eigenvalue weighted by Crippen LogP contribution is -2.20. The fourth-order valence-electron chi connectivity index (χ4n) is 5.44. The van der Waals surface area contributed by atoms with Crippen LogP contribution in [0.1, 0.15) is 103 Å². The van der Waals surface area contributed by atoms with E-state index in [9.17, 15) is 9.59 Å². The van der Waals surface area contributed by atoms with E-state index in [-0.39, 0.29) is 23.8 Å². The van der Waals surface area contributed by atoms with Crippen LogP contribution in [0.2, 0.25) is 0 Å². The third-order valence-corrected chi connectivity index (χ3v) is 7.89. The summed E-state index contributed by atoms with van der Waals surface area (Å²) in [5, 5.41) is 0. The van der Waals surface area contributed by atoms with Gasteiger partial charge in [-0.1, -0.05) is 69.4 Å². The minimum absolute atomic E-state index is 0.0350. The molecule has 2 aliphatic rings. The summed E-state index contributed by atoms with van der Waals surface area (Å²) >= 11 is 0. The average Bonchev–Trinajstić information content (AvgIpc) is 3.13. The topological polar surface area (TPSA) is 52.6 Å². The maximum atomic E-state index is 12.7. The van der Waals surface area contributed by atoms with Crippen molar-refractivity contribution in [3.05, 3.63) is 66.0 Å². The standard InChI is InChI=1S/C33H46O4/c1-4-30(36-32(34)28-17-6-5-7-18-28)20-10-14-25(2)12-8-15-27-16-11-21-31(24-27)37-33(35)29-19-9-13-26(3)22-23-29/h4,11,14,16,20-21,24,26,28-29H,1,5-10,12-13,15,17-19,22-23H2,2-3H3/b25-14-,30-20+. The van der Waals surface area contributed by atoms with E-state index < -0.39 is 0 Å². The normalized spacial score (nSPS) is 21.7. The second kappa shape index (κ2) is 15.6. The molecule has 0 amide bonds. The minimum Gasteiger partial charge on any atom is -0.427 e. The van der Waals surface area contributed by atoms with Crippen molar-refractivity contribution in [2.75, 3.05) is 0 Å². The van der Waals surface area contributed by atoms with Crippen molar-refractivity contribution >= 4 is 11.9 Å². The Labute approximate surface area is 224 Å². The van der Waals surface area contributed by atoms with Gasteiger partial charge in [-0.05, 0) is 100 Å². The molecule has 0 saturated heterocycles. The minimum atomic E-state index is -0.108. The van der Waals surface area contributed by atoms with E-state index in [0.717, 1.165) is 77.0 Å². The van der Waals surface area contributed by atoms with Gasteiger partial charge in [-0.15, -0.1) is 0 Å². The summed E-state index contributed by atoms with van der Waals surface area (Å²) < 4.78 is 11.4. The molecule has 4 heteroatoms. The van der Waals surface area contributed by atoms with Gasteiger partial charge >= 0.3 is 11.9 Å². The number of hydrogen-bond donors (Lipinski definition) is 0. The molecule has 1 aromatic carbocycles. The van der Waals surface area contributed by atoms with Crippen LogP contribution in [-0.2, 0) is 20.7 Å². The maximum Gasteiger partial charge on any atom is 0.314 e. The fourth-order valence-corrected chi connectivity index (χ4v) is 5.44. The summed E-state index contributed by atoms with van der Waals surface area (Å²) in [4.78, 5) is 25.1. The zero-order valence-electron chi connectivity index (χ0n) is 23.0. The van der Waals surface area contributed by atoms with Crippen molar-refractivity contribution < 1.29 is 19.1 Å². The van der Waals surface area contributed by atoms with Crippen LogP contribution >= 0.6 is 0 Å². The third-order valence-electron chi connectivity index (χ3n) is 7.89. The molecule has 0 spiro atoms. The van der Waals surface area contributed by atoms with Gasteiger partial charge in [-0.3, -0.25) is 9.59 Å². The highest BCUT2D eigenvalue weighted by Crippen LogP contribution is 2.29. The molecule has 3 rings (SSSR count). The molecule has 202 valence electrons. The first kappa shape index (κ1) is 28.9. The van der Waals surface area contributed by atoms with Gasteiger partial charge in [-0.25, -0.2) is 0 Å². The highest BCUT2D eigenvalue weighted by molar-refractivity contribution is 5.75. The molecule has 2 fully saturated rings. The van der Waals surface area contributed by atoms with E-state index >= 15 is 0 Å². The third kappa shape index (κ3) is 10.3. The van der Waals surface area contributed by atoms with Crippen molar-refractivity contribution in [2.45, 2.75) is 104 Å². The monoisotopic (exact) mass is 506 g/mol. The second-order valence-corrected chi connectivity index (χ2v) is 11.1. The quantitative estimate of drug-likeness (QED) is 0.0752. The molecule has 0 heterocycles. The van der Waals surface area contributed by atoms with Crippen LogP contribution in [0.15, 0.2) is 60.4 Å². The fraction of sp³-hybridized carbons (Fsp3) is 0.576. The molecular weight excluding hydrogens is 460 g/mol. The van der Waals surface area contributed by atoms with E-state index in [1.807, 2.05) is 24.3 Å². The Morgan fingerprint density at radius 3 is 2.49 bits per heavy atom. The molecule has 2 aliphatic carbocycles. The Morgan fingerprint density at radius 1 is 0.946 bits per heavy atom. The van der Waals surface area contributed by atoms with Gasteiger partial charge in [-0.2, -0.15) is 0 Å². The van der Waals surface area contributed by atoms with Crippen molar-refractivity contribution in [1.82, 2.24) is 0 Å². The lowest BCUT2D eigenvalue weighted by Gasteiger charge is -2.19. The lowest BCUT2D eigenvalue weighted by molar-refractivity contribution is -0.145. The van der Waals surface area contributed by atoms with E-state index in [0.29, 0.717) is 17.4 Å². The number of carbonyl (C=O) groups is 2. The SMILES string of the molecule is C=C/C(=C\C/C=C(/C)CCCc1cccc(OC(=O)C2CCCC(C)CC2)c1)OC(=O)C1CCCCC1. The van der Waals surface area contributed by atoms with Crippen LogP contribution in [0.5, 0.6) is 5.75 Å². The molecule has 2 atom stereocenters. The molecule has 0 bridgehead atoms. The predicted molar refractivity (Wildman–Crippen MR) is 150 cm³/mol. The molecule has 0 radical (unpaired) electrons. The van der Waals surface area contributed by atoms with Crippen molar-refractivity contribution in [3.8, 4) is 5.75 Å². The highest BCUT2D eigenvalue weighted by Gasteiger charge is 2.24. The summed E-state index contributed by atoms with van der Waals surface area (Å²) in [5.74, 6) is 1.83. The summed E-state index contributed by atoms with van der Waals surface area (Å²) in [6.07, 6.45) is 20.1. The first-order chi connectivity index (χ1) is 17.9. The van der Waals surface area contributed by atoms with Crippen LogP contribution in [0.3, 0.4) is 0 Å². The van der Waals surface area contributed by atoms with Gasteiger partial charge in [0.2, 0.25) is 0 Å². The molecule has 0 aliphatic heterocycles. The number of aryl methyl sites for hydroxylation is 1. The van der Waals surface area contributed by atoms with Gasteiger partial charge in [0.25, 0.3) is 0 Å². The van der Waals surface area contributed by atoms with Gasteiger partial charge < -0.3 is 9.47 Å². The second-order valence-electron chi connectivity index (χ2n) is 11.1. The van der Waals surface area contributed by atoms with Gasteiger partial charge in [0, 0.05) is 0 Å². The van der Waals surface area contributed by atoms with Crippen LogP contribution in [0, 0.1) is 17.8 Å². The number of hydrogen-bond acceptors (Lipinski definition) is 4. The Bertz CT molecular complexity index is 951. The smallest absolute Gasteiger partial charge is 0.314 e. The average molecular weight is 507 g/mol. The molecule has 2 unspecified atom stereocenters. The Morgan fingerprint density at radius 2 is 1.70 bits per heavy atom. The van der Waals surface area contributed by atoms with Crippen molar-refractivity contribution in [2.24, 2.45) is 17.8 Å². The van der Waals surface area contributed by atoms with E-state index in [1.165, 1.54) is 24.0 Å². The lowest BCUT2D eigenvalue weighted by atomic mass is 9.89. The van der Waals surface area contributed by atoms with Gasteiger partial charge in [0.15, 0.2) is 0 Å². The summed E-state index contributed by atoms with van der Waals surface area (Å²) in [7, 11) is 0. The van der Waals surface area contributed by atoms with E-state index in [2.05, 4.69) is 32.6 Å². The molecule has 0 aromatic heterocycles. The first-order valence-electron chi connectivity index (χ1n) is 14.4. The van der Waals surface area contributed by atoms with Crippen LogP contribution in [-0.4, -0.2) is 11.9 Å². The Hall–Kier alpha value is -2.62. The predicted octanol–water partition coefficient (Wildman–Crippen LogP) is 8.66. The number of benzene rings is 1. The van der Waals surface area contributed by atoms with Crippen molar-refractivity contribution in [3.63, 3.8) is 0 Å². The number of carbonyl (C=O) groups excluding carboxylic acids is 2. The summed E-state index contributed by atoms with van der Waals surface area (Å²) in [5.41, 5.74) is 2.50. The Kier molecular flexibility index (Phi) is 12.2.